The quantitative estimate of drug-likeness (QED) is 0.104. The van der Waals surface area contributed by atoms with E-state index in [9.17, 15) is 59.7 Å². The molecule has 0 aliphatic rings. The van der Waals surface area contributed by atoms with Gasteiger partial charge in [-0.2, -0.15) is 39.5 Å². The molecule has 0 spiro atoms. The molecule has 5 rings (SSSR count). The Labute approximate surface area is 275 Å². The van der Waals surface area contributed by atoms with Gasteiger partial charge >= 0.3 is 29.9 Å². The molecule has 0 atom stereocenters. The van der Waals surface area contributed by atoms with E-state index in [2.05, 4.69) is 9.97 Å². The molecule has 0 unspecified atom stereocenters. The number of aromatic amines is 1. The summed E-state index contributed by atoms with van der Waals surface area (Å²) in [4.78, 5) is 25.2. The minimum absolute atomic E-state index is 0.0628. The number of ether oxygens (including phenoxy) is 2. The molecule has 0 radical (unpaired) electrons. The largest absolute Gasteiger partial charge is 0.456 e. The van der Waals surface area contributed by atoms with Crippen LogP contribution >= 0.6 is 23.2 Å². The van der Waals surface area contributed by atoms with Gasteiger partial charge in [0.15, 0.2) is 0 Å². The van der Waals surface area contributed by atoms with Crippen molar-refractivity contribution in [2.75, 3.05) is 0 Å². The monoisotopic (exact) mass is 742 g/mol. The fraction of sp³-hybridized carbons (Fsp3) is 0.107. The van der Waals surface area contributed by atoms with E-state index in [1.807, 2.05) is 0 Å². The van der Waals surface area contributed by atoms with Crippen LogP contribution in [0, 0.1) is 20.2 Å². The third-order valence-corrected chi connectivity index (χ3v) is 6.63. The predicted molar refractivity (Wildman–Crippen MR) is 154 cm³/mol. The normalized spacial score (nSPS) is 11.9. The number of nitro benzene ring substituents is 2. The average molecular weight is 743 g/mol. The van der Waals surface area contributed by atoms with Crippen molar-refractivity contribution in [1.82, 2.24) is 9.97 Å². The van der Waals surface area contributed by atoms with Crippen LogP contribution in [0.4, 0.5) is 50.9 Å². The lowest BCUT2D eigenvalue weighted by Crippen LogP contribution is -2.06. The minimum atomic E-state index is -4.63. The Bertz CT molecular complexity index is 2050. The van der Waals surface area contributed by atoms with Crippen molar-refractivity contribution in [3.63, 3.8) is 0 Å². The number of alkyl halides is 9. The van der Waals surface area contributed by atoms with Gasteiger partial charge in [0, 0.05) is 12.1 Å². The van der Waals surface area contributed by atoms with Crippen molar-refractivity contribution in [3.05, 3.63) is 120 Å². The van der Waals surface area contributed by atoms with Crippen molar-refractivity contribution in [1.29, 1.82) is 0 Å². The van der Waals surface area contributed by atoms with Gasteiger partial charge in [-0.25, -0.2) is 4.98 Å². The summed E-state index contributed by atoms with van der Waals surface area (Å²) in [7, 11) is 0. The van der Waals surface area contributed by atoms with E-state index in [1.165, 1.54) is 18.2 Å². The number of halogens is 11. The third kappa shape index (κ3) is 8.99. The summed E-state index contributed by atoms with van der Waals surface area (Å²) in [6, 6.07) is 11.4. The lowest BCUT2D eigenvalue weighted by molar-refractivity contribution is -0.422. The number of nitrogens with zero attached hydrogens (tertiary/aromatic N) is 3. The maximum absolute atomic E-state index is 12.6. The highest BCUT2D eigenvalue weighted by Gasteiger charge is 2.35. The number of hydrogen-bond donors (Lipinski definition) is 1. The number of aromatic nitrogens is 2. The van der Waals surface area contributed by atoms with Gasteiger partial charge < -0.3 is 14.5 Å². The first-order chi connectivity index (χ1) is 22.6. The number of H-pyrrole nitrogens is 1. The SMILES string of the molecule is FC(F)(F)c1ccc(Oc2ccc3nc(C(F)(F)F)[nH]c3c2)c(Cl)c1.O=[N+]([O-])c1ccc(Oc2ccc(C(F)(F)F)cc2Cl)cc1[N+](=O)[O-]. The molecule has 1 aromatic heterocycles. The van der Waals surface area contributed by atoms with Gasteiger partial charge in [-0.3, -0.25) is 20.2 Å². The van der Waals surface area contributed by atoms with Gasteiger partial charge in [0.05, 0.1) is 48.1 Å². The second-order valence-electron chi connectivity index (χ2n) is 9.42. The molecule has 10 nitrogen and oxygen atoms in total. The fourth-order valence-electron chi connectivity index (χ4n) is 3.83. The highest BCUT2D eigenvalue weighted by Crippen LogP contribution is 2.39. The molecule has 0 saturated carbocycles. The Kier molecular flexibility index (Phi) is 10.2. The summed E-state index contributed by atoms with van der Waals surface area (Å²) in [6.07, 6.45) is -13.8. The summed E-state index contributed by atoms with van der Waals surface area (Å²) in [5, 5.41) is 20.9. The molecule has 0 fully saturated rings. The molecular formula is C28H13Cl2F9N4O6. The smallest absolute Gasteiger partial charge is 0.449 e. The molecule has 0 aliphatic carbocycles. The molecule has 21 heteroatoms. The molecule has 0 bridgehead atoms. The van der Waals surface area contributed by atoms with Crippen LogP contribution in [0.1, 0.15) is 17.0 Å². The molecule has 1 N–H and O–H groups in total. The molecule has 49 heavy (non-hydrogen) atoms. The van der Waals surface area contributed by atoms with Crippen LogP contribution in [0.5, 0.6) is 23.0 Å². The molecule has 0 amide bonds. The highest BCUT2D eigenvalue weighted by atomic mass is 35.5. The number of benzene rings is 4. The van der Waals surface area contributed by atoms with Crippen LogP contribution in [0.2, 0.25) is 10.0 Å². The second-order valence-corrected chi connectivity index (χ2v) is 10.2. The van der Waals surface area contributed by atoms with E-state index in [-0.39, 0.29) is 44.1 Å². The van der Waals surface area contributed by atoms with Crippen LogP contribution < -0.4 is 9.47 Å². The van der Waals surface area contributed by atoms with E-state index < -0.39 is 56.7 Å². The molecular weight excluding hydrogens is 730 g/mol. The summed E-state index contributed by atoms with van der Waals surface area (Å²) in [5.74, 6) is -1.51. The van der Waals surface area contributed by atoms with Crippen molar-refractivity contribution >= 4 is 45.6 Å². The first kappa shape index (κ1) is 36.5. The Morgan fingerprint density at radius 1 is 0.612 bits per heavy atom. The molecule has 258 valence electrons. The standard InChI is InChI=1S/C15H7ClF6N2O.C13H6ClF3N2O5/c16-9-5-7(14(17,18)19)1-4-12(9)25-8-2-3-10-11(6-8)24-13(23-10)15(20,21)22;14-9-5-7(13(15,16)17)1-4-12(9)24-8-2-3-10(18(20)21)11(6-8)19(22)23/h1-6H,(H,23,24);1-6H. The van der Waals surface area contributed by atoms with Gasteiger partial charge in [0.25, 0.3) is 0 Å². The zero-order chi connectivity index (χ0) is 36.5. The lowest BCUT2D eigenvalue weighted by atomic mass is 10.2. The van der Waals surface area contributed by atoms with Crippen LogP contribution in [0.3, 0.4) is 0 Å². The third-order valence-electron chi connectivity index (χ3n) is 6.04. The first-order valence-electron chi connectivity index (χ1n) is 12.7. The van der Waals surface area contributed by atoms with Crippen LogP contribution in [-0.4, -0.2) is 19.8 Å². The number of nitro groups is 2. The number of hydrogen-bond acceptors (Lipinski definition) is 7. The van der Waals surface area contributed by atoms with E-state index in [0.29, 0.717) is 12.1 Å². The maximum atomic E-state index is 12.6. The van der Waals surface area contributed by atoms with Crippen molar-refractivity contribution < 1.29 is 58.8 Å². The van der Waals surface area contributed by atoms with Gasteiger partial charge in [-0.05, 0) is 54.6 Å². The first-order valence-corrected chi connectivity index (χ1v) is 13.5. The topological polar surface area (TPSA) is 133 Å². The summed E-state index contributed by atoms with van der Waals surface area (Å²) in [6.45, 7) is 0. The van der Waals surface area contributed by atoms with Gasteiger partial charge in [-0.15, -0.1) is 0 Å². The number of rotatable bonds is 6. The van der Waals surface area contributed by atoms with E-state index >= 15 is 0 Å². The molecule has 5 aromatic rings. The van der Waals surface area contributed by atoms with Crippen molar-refractivity contribution in [3.8, 4) is 23.0 Å². The highest BCUT2D eigenvalue weighted by molar-refractivity contribution is 6.32. The Morgan fingerprint density at radius 3 is 1.51 bits per heavy atom. The van der Waals surface area contributed by atoms with Gasteiger partial charge in [0.2, 0.25) is 5.82 Å². The van der Waals surface area contributed by atoms with Gasteiger partial charge in [0.1, 0.15) is 23.0 Å². The van der Waals surface area contributed by atoms with E-state index in [1.54, 1.807) is 0 Å². The lowest BCUT2D eigenvalue weighted by Gasteiger charge is -2.11. The van der Waals surface area contributed by atoms with Crippen LogP contribution in [0.25, 0.3) is 11.0 Å². The molecule has 0 aliphatic heterocycles. The van der Waals surface area contributed by atoms with E-state index in [4.69, 9.17) is 32.7 Å². The van der Waals surface area contributed by atoms with Crippen LogP contribution in [0.15, 0.2) is 72.8 Å². The minimum Gasteiger partial charge on any atom is -0.456 e. The van der Waals surface area contributed by atoms with Gasteiger partial charge in [-0.1, -0.05) is 23.2 Å². The Morgan fingerprint density at radius 2 is 1.08 bits per heavy atom. The summed E-state index contributed by atoms with van der Waals surface area (Å²) >= 11 is 11.5. The average Bonchev–Trinajstić information content (AvgIpc) is 3.43. The zero-order valence-corrected chi connectivity index (χ0v) is 24.9. The molecule has 1 heterocycles. The van der Waals surface area contributed by atoms with Crippen molar-refractivity contribution in [2.24, 2.45) is 0 Å². The number of nitrogens with one attached hydrogen (secondary N) is 1. The summed E-state index contributed by atoms with van der Waals surface area (Å²) < 4.78 is 124. The Hall–Kier alpha value is -5.30. The Balaban J connectivity index is 0.000000221. The van der Waals surface area contributed by atoms with Crippen LogP contribution in [-0.2, 0) is 18.5 Å². The maximum Gasteiger partial charge on any atom is 0.449 e. The molecule has 0 saturated heterocycles. The summed E-state index contributed by atoms with van der Waals surface area (Å²) in [5.41, 5.74) is -3.37. The fourth-order valence-corrected chi connectivity index (χ4v) is 4.27. The number of fused-ring (bicyclic) bond motifs is 1. The van der Waals surface area contributed by atoms with Crippen molar-refractivity contribution in [2.45, 2.75) is 18.5 Å². The second kappa shape index (κ2) is 13.7. The molecule has 4 aromatic carbocycles. The predicted octanol–water partition coefficient (Wildman–Crippen LogP) is 11.0. The number of imidazole rings is 1. The van der Waals surface area contributed by atoms with E-state index in [0.717, 1.165) is 42.5 Å². The zero-order valence-electron chi connectivity index (χ0n) is 23.4.